The van der Waals surface area contributed by atoms with Gasteiger partial charge in [-0.15, -0.1) is 0 Å². The van der Waals surface area contributed by atoms with Crippen molar-refractivity contribution in [3.63, 3.8) is 0 Å². The minimum atomic E-state index is -0.855. The number of imidazole rings is 1. The predicted octanol–water partition coefficient (Wildman–Crippen LogP) is 2.54. The summed E-state index contributed by atoms with van der Waals surface area (Å²) < 4.78 is 2.18. The molecule has 2 aliphatic rings. The molecule has 1 aliphatic carbocycles. The number of hydrogen-bond donors (Lipinski definition) is 3. The average Bonchev–Trinajstić information content (AvgIpc) is 3.28. The fraction of sp³-hybridized carbons (Fsp3) is 0.526. The second kappa shape index (κ2) is 7.07. The average molecular weight is 356 g/mol. The maximum atomic E-state index is 12.7. The van der Waals surface area contributed by atoms with Crippen molar-refractivity contribution >= 4 is 28.9 Å². The molecule has 1 saturated carbocycles. The smallest absolute Gasteiger partial charge is 0.320 e. The van der Waals surface area contributed by atoms with Gasteiger partial charge in [-0.3, -0.25) is 14.9 Å². The lowest BCUT2D eigenvalue weighted by molar-refractivity contribution is -0.141. The van der Waals surface area contributed by atoms with Crippen LogP contribution in [-0.4, -0.2) is 39.1 Å². The summed E-state index contributed by atoms with van der Waals surface area (Å²) in [5.74, 6) is -0.561. The van der Waals surface area contributed by atoms with Crippen LogP contribution in [0.2, 0.25) is 0 Å². The highest BCUT2D eigenvalue weighted by molar-refractivity contribution is 5.93. The number of benzene rings is 1. The first-order valence-electron chi connectivity index (χ1n) is 9.37. The van der Waals surface area contributed by atoms with Crippen LogP contribution in [0.4, 0.5) is 5.95 Å². The van der Waals surface area contributed by atoms with E-state index in [2.05, 4.69) is 26.3 Å². The van der Waals surface area contributed by atoms with Crippen LogP contribution in [0.25, 0.3) is 11.0 Å². The number of amides is 1. The van der Waals surface area contributed by atoms with Crippen molar-refractivity contribution < 1.29 is 14.7 Å². The first-order valence-corrected chi connectivity index (χ1v) is 9.37. The van der Waals surface area contributed by atoms with Gasteiger partial charge in [0.2, 0.25) is 11.9 Å². The first kappa shape index (κ1) is 17.0. The van der Waals surface area contributed by atoms with Gasteiger partial charge in [-0.2, -0.15) is 0 Å². The zero-order valence-electron chi connectivity index (χ0n) is 14.6. The number of para-hydroxylation sites is 2. The molecule has 138 valence electrons. The Morgan fingerprint density at radius 1 is 1.15 bits per heavy atom. The van der Waals surface area contributed by atoms with Crippen LogP contribution in [0, 0.1) is 5.92 Å². The van der Waals surface area contributed by atoms with Gasteiger partial charge in [0, 0.05) is 12.6 Å². The lowest BCUT2D eigenvalue weighted by atomic mass is 9.94. The number of carbonyl (C=O) groups excluding carboxylic acids is 1. The molecule has 1 aromatic carbocycles. The van der Waals surface area contributed by atoms with E-state index in [0.717, 1.165) is 23.9 Å². The summed E-state index contributed by atoms with van der Waals surface area (Å²) in [5, 5.41) is 15.0. The van der Waals surface area contributed by atoms with E-state index in [1.807, 2.05) is 18.2 Å². The van der Waals surface area contributed by atoms with Gasteiger partial charge in [-0.05, 0) is 37.8 Å². The molecule has 1 aliphatic heterocycles. The van der Waals surface area contributed by atoms with Crippen molar-refractivity contribution in [2.24, 2.45) is 5.92 Å². The molecule has 2 unspecified atom stereocenters. The Hall–Kier alpha value is -2.41. The zero-order chi connectivity index (χ0) is 18.1. The summed E-state index contributed by atoms with van der Waals surface area (Å²) in [6.45, 7) is 0.381. The number of carboxylic acid groups (broad SMARTS) is 1. The van der Waals surface area contributed by atoms with E-state index in [0.29, 0.717) is 31.4 Å². The summed E-state index contributed by atoms with van der Waals surface area (Å²) >= 11 is 0. The Labute approximate surface area is 151 Å². The van der Waals surface area contributed by atoms with Crippen molar-refractivity contribution in [2.45, 2.75) is 50.6 Å². The molecule has 0 spiro atoms. The highest BCUT2D eigenvalue weighted by Crippen LogP contribution is 2.35. The van der Waals surface area contributed by atoms with Crippen LogP contribution in [0.5, 0.6) is 0 Å². The third kappa shape index (κ3) is 3.19. The molecule has 2 aromatic rings. The number of aromatic nitrogens is 2. The molecule has 1 amide bonds. The van der Waals surface area contributed by atoms with Gasteiger partial charge in [0.25, 0.3) is 0 Å². The van der Waals surface area contributed by atoms with Crippen molar-refractivity contribution in [1.29, 1.82) is 0 Å². The summed E-state index contributed by atoms with van der Waals surface area (Å²) in [5.41, 5.74) is 1.95. The summed E-state index contributed by atoms with van der Waals surface area (Å²) in [6, 6.07) is 7.79. The number of carboxylic acids is 1. The van der Waals surface area contributed by atoms with Crippen LogP contribution < -0.4 is 10.6 Å². The molecular weight excluding hydrogens is 332 g/mol. The van der Waals surface area contributed by atoms with Gasteiger partial charge in [0.05, 0.1) is 17.0 Å². The van der Waals surface area contributed by atoms with Gasteiger partial charge >= 0.3 is 5.97 Å². The van der Waals surface area contributed by atoms with Crippen molar-refractivity contribution in [3.8, 4) is 0 Å². The molecule has 1 aromatic heterocycles. The molecule has 7 heteroatoms. The van der Waals surface area contributed by atoms with E-state index in [1.165, 1.54) is 12.8 Å². The third-order valence-corrected chi connectivity index (χ3v) is 5.60. The summed E-state index contributed by atoms with van der Waals surface area (Å²) in [7, 11) is 0. The molecule has 4 rings (SSSR count). The van der Waals surface area contributed by atoms with E-state index in [4.69, 9.17) is 5.11 Å². The Morgan fingerprint density at radius 2 is 1.92 bits per heavy atom. The Kier molecular flexibility index (Phi) is 4.63. The minimum Gasteiger partial charge on any atom is -0.480 e. The number of carbonyl (C=O) groups is 2. The fourth-order valence-corrected chi connectivity index (χ4v) is 4.17. The lowest BCUT2D eigenvalue weighted by Crippen LogP contribution is -2.47. The fourth-order valence-electron chi connectivity index (χ4n) is 4.17. The monoisotopic (exact) mass is 356 g/mol. The van der Waals surface area contributed by atoms with Gasteiger partial charge in [-0.1, -0.05) is 25.0 Å². The maximum absolute atomic E-state index is 12.7. The third-order valence-electron chi connectivity index (χ3n) is 5.60. The highest BCUT2D eigenvalue weighted by Gasteiger charge is 2.31. The second-order valence-electron chi connectivity index (χ2n) is 7.30. The van der Waals surface area contributed by atoms with Gasteiger partial charge in [-0.25, -0.2) is 4.98 Å². The Morgan fingerprint density at radius 3 is 2.62 bits per heavy atom. The van der Waals surface area contributed by atoms with Crippen LogP contribution in [0.1, 0.15) is 44.6 Å². The molecule has 0 bridgehead atoms. The number of rotatable bonds is 4. The van der Waals surface area contributed by atoms with E-state index in [-0.39, 0.29) is 11.8 Å². The number of nitrogens with one attached hydrogen (secondary N) is 2. The van der Waals surface area contributed by atoms with Gasteiger partial charge in [0.1, 0.15) is 6.04 Å². The minimum absolute atomic E-state index is 0.0871. The molecule has 7 nitrogen and oxygen atoms in total. The van der Waals surface area contributed by atoms with Crippen LogP contribution in [0.15, 0.2) is 24.3 Å². The van der Waals surface area contributed by atoms with Gasteiger partial charge < -0.3 is 15.0 Å². The van der Waals surface area contributed by atoms with E-state index in [1.54, 1.807) is 0 Å². The molecule has 0 radical (unpaired) electrons. The second-order valence-corrected chi connectivity index (χ2v) is 7.30. The highest BCUT2D eigenvalue weighted by atomic mass is 16.4. The maximum Gasteiger partial charge on any atom is 0.320 e. The largest absolute Gasteiger partial charge is 0.480 e. The predicted molar refractivity (Wildman–Crippen MR) is 98.0 cm³/mol. The van der Waals surface area contributed by atoms with Crippen LogP contribution in [-0.2, 0) is 9.59 Å². The van der Waals surface area contributed by atoms with Gasteiger partial charge in [0.15, 0.2) is 0 Å². The number of aliphatic carboxylic acids is 1. The number of piperidine rings is 1. The van der Waals surface area contributed by atoms with E-state index < -0.39 is 12.0 Å². The molecule has 3 N–H and O–H groups in total. The van der Waals surface area contributed by atoms with Crippen molar-refractivity contribution in [1.82, 2.24) is 14.9 Å². The zero-order valence-corrected chi connectivity index (χ0v) is 14.6. The standard InChI is InChI=1S/C19H24N4O3/c24-17(12-9-10-15(18(25)26)20-11-12)22-19-21-14-7-3-4-8-16(14)23(19)13-5-1-2-6-13/h3-4,7-8,12-13,15,20H,1-2,5-6,9-11H2,(H,25,26)(H,21,22,24). The molecular formula is C19H24N4O3. The number of hydrogen-bond acceptors (Lipinski definition) is 4. The number of nitrogens with zero attached hydrogens (tertiary/aromatic N) is 2. The molecule has 2 atom stereocenters. The molecule has 2 heterocycles. The van der Waals surface area contributed by atoms with Crippen molar-refractivity contribution in [2.75, 3.05) is 11.9 Å². The molecule has 1 saturated heterocycles. The first-order chi connectivity index (χ1) is 12.6. The van der Waals surface area contributed by atoms with Crippen molar-refractivity contribution in [3.05, 3.63) is 24.3 Å². The van der Waals surface area contributed by atoms with E-state index >= 15 is 0 Å². The molecule has 2 fully saturated rings. The van der Waals surface area contributed by atoms with Crippen LogP contribution >= 0.6 is 0 Å². The Bertz CT molecular complexity index is 817. The Balaban J connectivity index is 1.54. The SMILES string of the molecule is O=C(Nc1nc2ccccc2n1C1CCCC1)C1CCC(C(=O)O)NC1. The number of fused-ring (bicyclic) bond motifs is 1. The normalized spacial score (nSPS) is 24.0. The summed E-state index contributed by atoms with van der Waals surface area (Å²) in [6.07, 6.45) is 5.65. The topological polar surface area (TPSA) is 96.2 Å². The van der Waals surface area contributed by atoms with E-state index in [9.17, 15) is 9.59 Å². The molecule has 26 heavy (non-hydrogen) atoms. The summed E-state index contributed by atoms with van der Waals surface area (Å²) in [4.78, 5) is 28.4. The van der Waals surface area contributed by atoms with Crippen LogP contribution in [0.3, 0.4) is 0 Å². The lowest BCUT2D eigenvalue weighted by Gasteiger charge is -2.26. The number of anilines is 1. The quantitative estimate of drug-likeness (QED) is 0.782.